The van der Waals surface area contributed by atoms with E-state index in [0.717, 1.165) is 29.8 Å². The Morgan fingerprint density at radius 1 is 1.42 bits per heavy atom. The Morgan fingerprint density at radius 3 is 2.79 bits per heavy atom. The average Bonchev–Trinajstić information content (AvgIpc) is 2.92. The molecule has 4 heteroatoms. The van der Waals surface area contributed by atoms with E-state index in [1.807, 2.05) is 42.8 Å². The Balaban J connectivity index is 1.82. The average molecular weight is 255 g/mol. The maximum absolute atomic E-state index is 12.0. The topological polar surface area (TPSA) is 46.9 Å². The summed E-state index contributed by atoms with van der Waals surface area (Å²) in [5, 5.41) is 2.99. The van der Waals surface area contributed by atoms with Crippen LogP contribution in [0, 0.1) is 12.3 Å². The summed E-state index contributed by atoms with van der Waals surface area (Å²) in [7, 11) is 0. The molecule has 1 aromatic heterocycles. The first-order valence-corrected chi connectivity index (χ1v) is 6.49. The third-order valence-corrected chi connectivity index (χ3v) is 3.79. The molecule has 0 atom stereocenters. The van der Waals surface area contributed by atoms with Crippen LogP contribution in [0.2, 0.25) is 0 Å². The number of carbonyl (C=O) groups excluding carboxylic acids is 1. The van der Waals surface area contributed by atoms with Crippen LogP contribution >= 0.6 is 0 Å². The lowest BCUT2D eigenvalue weighted by molar-refractivity contribution is -0.120. The lowest BCUT2D eigenvalue weighted by Crippen LogP contribution is -2.21. The normalized spacial score (nSPS) is 16.1. The van der Waals surface area contributed by atoms with Crippen LogP contribution in [0.1, 0.15) is 25.3 Å². The zero-order valence-corrected chi connectivity index (χ0v) is 11.2. The number of rotatable bonds is 3. The summed E-state index contributed by atoms with van der Waals surface area (Å²) in [6, 6.07) is 5.94. The van der Waals surface area contributed by atoms with E-state index in [0.29, 0.717) is 0 Å². The maximum atomic E-state index is 12.0. The van der Waals surface area contributed by atoms with E-state index in [2.05, 4.69) is 10.3 Å². The molecule has 0 radical (unpaired) electrons. The summed E-state index contributed by atoms with van der Waals surface area (Å²) in [4.78, 5) is 16.0. The van der Waals surface area contributed by atoms with Crippen molar-refractivity contribution < 1.29 is 4.79 Å². The van der Waals surface area contributed by atoms with Gasteiger partial charge in [-0.3, -0.25) is 4.79 Å². The fourth-order valence-corrected chi connectivity index (χ4v) is 2.12. The number of nitrogens with zero attached hydrogens (tertiary/aromatic N) is 2. The van der Waals surface area contributed by atoms with Crippen LogP contribution in [0.25, 0.3) is 5.69 Å². The molecule has 98 valence electrons. The van der Waals surface area contributed by atoms with Gasteiger partial charge in [0.15, 0.2) is 0 Å². The van der Waals surface area contributed by atoms with Crippen LogP contribution in [0.3, 0.4) is 0 Å². The lowest BCUT2D eigenvalue weighted by Gasteiger charge is -2.12. The van der Waals surface area contributed by atoms with Crippen molar-refractivity contribution in [3.63, 3.8) is 0 Å². The maximum Gasteiger partial charge on any atom is 0.230 e. The van der Waals surface area contributed by atoms with Crippen molar-refractivity contribution >= 4 is 11.6 Å². The number of amides is 1. The molecule has 1 amide bonds. The first kappa shape index (κ1) is 12.0. The highest BCUT2D eigenvalue weighted by Gasteiger charge is 2.44. The second-order valence-corrected chi connectivity index (χ2v) is 5.49. The molecule has 1 aliphatic rings. The molecule has 19 heavy (non-hydrogen) atoms. The highest BCUT2D eigenvalue weighted by molar-refractivity contribution is 5.97. The molecule has 4 nitrogen and oxygen atoms in total. The number of aromatic nitrogens is 2. The number of hydrogen-bond acceptors (Lipinski definition) is 2. The van der Waals surface area contributed by atoms with Crippen LogP contribution in [-0.2, 0) is 4.79 Å². The minimum Gasteiger partial charge on any atom is -0.326 e. The molecule has 1 saturated carbocycles. The summed E-state index contributed by atoms with van der Waals surface area (Å²) < 4.78 is 1.96. The largest absolute Gasteiger partial charge is 0.326 e. The summed E-state index contributed by atoms with van der Waals surface area (Å²) in [5.74, 6) is 0.127. The van der Waals surface area contributed by atoms with E-state index >= 15 is 0 Å². The van der Waals surface area contributed by atoms with Crippen LogP contribution < -0.4 is 5.32 Å². The van der Waals surface area contributed by atoms with Crippen molar-refractivity contribution in [2.24, 2.45) is 5.41 Å². The predicted molar refractivity (Wildman–Crippen MR) is 74.3 cm³/mol. The first-order valence-electron chi connectivity index (χ1n) is 6.49. The third kappa shape index (κ3) is 2.26. The standard InChI is InChI=1S/C15H17N3O/c1-11-9-12(17-14(19)15(2)5-6-15)3-4-13(11)18-8-7-16-10-18/h3-4,7-10H,5-6H2,1-2H3,(H,17,19). The van der Waals surface area contributed by atoms with E-state index in [9.17, 15) is 4.79 Å². The van der Waals surface area contributed by atoms with E-state index in [4.69, 9.17) is 0 Å². The lowest BCUT2D eigenvalue weighted by atomic mass is 10.1. The van der Waals surface area contributed by atoms with Gasteiger partial charge in [0.05, 0.1) is 6.33 Å². The third-order valence-electron chi connectivity index (χ3n) is 3.79. The molecule has 0 bridgehead atoms. The van der Waals surface area contributed by atoms with Crippen molar-refractivity contribution in [3.05, 3.63) is 42.5 Å². The Morgan fingerprint density at radius 2 is 2.21 bits per heavy atom. The molecule has 0 unspecified atom stereocenters. The molecular formula is C15H17N3O. The summed E-state index contributed by atoms with van der Waals surface area (Å²) in [6.45, 7) is 4.04. The first-order chi connectivity index (χ1) is 9.08. The fraction of sp³-hybridized carbons (Fsp3) is 0.333. The second-order valence-electron chi connectivity index (χ2n) is 5.49. The summed E-state index contributed by atoms with van der Waals surface area (Å²) in [6.07, 6.45) is 7.41. The minimum absolute atomic E-state index is 0.127. The quantitative estimate of drug-likeness (QED) is 0.916. The van der Waals surface area contributed by atoms with Crippen molar-refractivity contribution in [2.45, 2.75) is 26.7 Å². The van der Waals surface area contributed by atoms with Gasteiger partial charge in [0.2, 0.25) is 5.91 Å². The van der Waals surface area contributed by atoms with Gasteiger partial charge in [0, 0.05) is 29.2 Å². The number of imidazole rings is 1. The van der Waals surface area contributed by atoms with Crippen molar-refractivity contribution in [1.82, 2.24) is 9.55 Å². The Kier molecular flexibility index (Phi) is 2.66. The van der Waals surface area contributed by atoms with Gasteiger partial charge in [0.25, 0.3) is 0 Å². The van der Waals surface area contributed by atoms with E-state index in [-0.39, 0.29) is 11.3 Å². The molecule has 0 aliphatic heterocycles. The molecule has 3 rings (SSSR count). The zero-order valence-electron chi connectivity index (χ0n) is 11.2. The van der Waals surface area contributed by atoms with Crippen LogP contribution in [0.5, 0.6) is 0 Å². The number of aryl methyl sites for hydroxylation is 1. The van der Waals surface area contributed by atoms with Gasteiger partial charge in [-0.25, -0.2) is 4.98 Å². The van der Waals surface area contributed by atoms with Crippen LogP contribution in [0.4, 0.5) is 5.69 Å². The van der Waals surface area contributed by atoms with Crippen LogP contribution in [0.15, 0.2) is 36.9 Å². The van der Waals surface area contributed by atoms with Crippen molar-refractivity contribution in [2.75, 3.05) is 5.32 Å². The fourth-order valence-electron chi connectivity index (χ4n) is 2.12. The number of nitrogens with one attached hydrogen (secondary N) is 1. The molecule has 2 aromatic rings. The minimum atomic E-state index is -0.142. The zero-order chi connectivity index (χ0) is 13.5. The number of carbonyl (C=O) groups is 1. The van der Waals surface area contributed by atoms with E-state index in [1.165, 1.54) is 0 Å². The van der Waals surface area contributed by atoms with Gasteiger partial charge in [0.1, 0.15) is 0 Å². The molecule has 1 fully saturated rings. The SMILES string of the molecule is Cc1cc(NC(=O)C2(C)CC2)ccc1-n1ccnc1. The van der Waals surface area contributed by atoms with Gasteiger partial charge >= 0.3 is 0 Å². The van der Waals surface area contributed by atoms with Gasteiger partial charge in [-0.15, -0.1) is 0 Å². The molecule has 1 aliphatic carbocycles. The Bertz CT molecular complexity index is 612. The summed E-state index contributed by atoms with van der Waals surface area (Å²) in [5.41, 5.74) is 2.90. The molecule has 1 aromatic carbocycles. The molecule has 0 spiro atoms. The number of anilines is 1. The van der Waals surface area contributed by atoms with E-state index in [1.54, 1.807) is 12.5 Å². The van der Waals surface area contributed by atoms with E-state index < -0.39 is 0 Å². The highest BCUT2D eigenvalue weighted by atomic mass is 16.2. The molecule has 1 heterocycles. The molecular weight excluding hydrogens is 238 g/mol. The smallest absolute Gasteiger partial charge is 0.230 e. The molecule has 0 saturated heterocycles. The van der Waals surface area contributed by atoms with Gasteiger partial charge < -0.3 is 9.88 Å². The Labute approximate surface area is 112 Å². The van der Waals surface area contributed by atoms with Crippen molar-refractivity contribution in [1.29, 1.82) is 0 Å². The van der Waals surface area contributed by atoms with Gasteiger partial charge in [-0.2, -0.15) is 0 Å². The highest BCUT2D eigenvalue weighted by Crippen LogP contribution is 2.45. The second kappa shape index (κ2) is 4.23. The Hall–Kier alpha value is -2.10. The van der Waals surface area contributed by atoms with Gasteiger partial charge in [-0.05, 0) is 43.5 Å². The molecule has 1 N–H and O–H groups in total. The monoisotopic (exact) mass is 255 g/mol. The van der Waals surface area contributed by atoms with Crippen molar-refractivity contribution in [3.8, 4) is 5.69 Å². The number of hydrogen-bond donors (Lipinski definition) is 1. The number of benzene rings is 1. The summed E-state index contributed by atoms with van der Waals surface area (Å²) >= 11 is 0. The van der Waals surface area contributed by atoms with Crippen LogP contribution in [-0.4, -0.2) is 15.5 Å². The predicted octanol–water partition coefficient (Wildman–Crippen LogP) is 2.92. The van der Waals surface area contributed by atoms with Gasteiger partial charge in [-0.1, -0.05) is 6.92 Å².